The van der Waals surface area contributed by atoms with Gasteiger partial charge in [0, 0.05) is 25.8 Å². The molecule has 0 bridgehead atoms. The lowest BCUT2D eigenvalue weighted by Gasteiger charge is -2.14. The minimum absolute atomic E-state index is 0.0838. The Morgan fingerprint density at radius 1 is 1.25 bits per heavy atom. The second kappa shape index (κ2) is 6.35. The quantitative estimate of drug-likeness (QED) is 0.646. The number of phenolic OH excluding ortho intramolecular Hbond substituents is 2. The molecule has 0 radical (unpaired) electrons. The van der Waals surface area contributed by atoms with Crippen molar-refractivity contribution in [2.45, 2.75) is 19.4 Å². The van der Waals surface area contributed by atoms with Crippen molar-refractivity contribution in [2.75, 3.05) is 20.3 Å². The lowest BCUT2D eigenvalue weighted by Crippen LogP contribution is -2.20. The Balaban J connectivity index is 2.48. The van der Waals surface area contributed by atoms with E-state index in [0.29, 0.717) is 0 Å². The maximum atomic E-state index is 9.34. The van der Waals surface area contributed by atoms with Crippen molar-refractivity contribution < 1.29 is 14.9 Å². The average Bonchev–Trinajstić information content (AvgIpc) is 2.22. The molecule has 16 heavy (non-hydrogen) atoms. The van der Waals surface area contributed by atoms with E-state index in [9.17, 15) is 10.2 Å². The number of nitrogens with one attached hydrogen (secondary N) is 1. The summed E-state index contributed by atoms with van der Waals surface area (Å²) in [4.78, 5) is 0. The first-order valence-corrected chi connectivity index (χ1v) is 5.38. The molecule has 1 aromatic carbocycles. The highest BCUT2D eigenvalue weighted by atomic mass is 16.5. The number of rotatable bonds is 6. The highest BCUT2D eigenvalue weighted by Crippen LogP contribution is 2.24. The van der Waals surface area contributed by atoms with Crippen LogP contribution in [0.1, 0.15) is 24.9 Å². The Hall–Kier alpha value is -1.26. The van der Waals surface area contributed by atoms with Crippen molar-refractivity contribution in [2.24, 2.45) is 0 Å². The molecule has 0 aliphatic carbocycles. The predicted octanol–water partition coefficient (Wildman–Crippen LogP) is 1.78. The summed E-state index contributed by atoms with van der Waals surface area (Å²) in [5.74, 6) is 0.168. The fourth-order valence-electron chi connectivity index (χ4n) is 1.52. The fraction of sp³-hybridized carbons (Fsp3) is 0.500. The van der Waals surface area contributed by atoms with Crippen LogP contribution >= 0.6 is 0 Å². The van der Waals surface area contributed by atoms with Crippen LogP contribution in [0.3, 0.4) is 0 Å². The standard InChI is InChI=1S/C12H19NO3/c1-9(13-4-3-5-16-2)10-6-11(14)8-12(15)7-10/h6-9,13-15H,3-5H2,1-2H3. The van der Waals surface area contributed by atoms with Gasteiger partial charge < -0.3 is 20.3 Å². The smallest absolute Gasteiger partial charge is 0.119 e. The van der Waals surface area contributed by atoms with Gasteiger partial charge in [-0.1, -0.05) is 0 Å². The molecule has 0 amide bonds. The molecule has 0 aliphatic heterocycles. The third-order valence-corrected chi connectivity index (χ3v) is 2.40. The lowest BCUT2D eigenvalue weighted by atomic mass is 10.1. The van der Waals surface area contributed by atoms with Gasteiger partial charge in [0.1, 0.15) is 11.5 Å². The van der Waals surface area contributed by atoms with Gasteiger partial charge in [0.2, 0.25) is 0 Å². The summed E-state index contributed by atoms with van der Waals surface area (Å²) in [6.45, 7) is 3.55. The molecular formula is C12H19NO3. The molecular weight excluding hydrogens is 206 g/mol. The van der Waals surface area contributed by atoms with Crippen LogP contribution in [0.5, 0.6) is 11.5 Å². The first-order chi connectivity index (χ1) is 7.63. The van der Waals surface area contributed by atoms with Crippen molar-refractivity contribution in [3.8, 4) is 11.5 Å². The lowest BCUT2D eigenvalue weighted by molar-refractivity contribution is 0.193. The Bertz CT molecular complexity index is 308. The van der Waals surface area contributed by atoms with Crippen LogP contribution in [-0.4, -0.2) is 30.5 Å². The number of phenols is 2. The minimum atomic E-state index is 0.0838. The minimum Gasteiger partial charge on any atom is -0.508 e. The fourth-order valence-corrected chi connectivity index (χ4v) is 1.52. The first kappa shape index (κ1) is 12.8. The summed E-state index contributed by atoms with van der Waals surface area (Å²) >= 11 is 0. The van der Waals surface area contributed by atoms with Crippen LogP contribution < -0.4 is 5.32 Å². The summed E-state index contributed by atoms with van der Waals surface area (Å²) in [5.41, 5.74) is 0.870. The Kier molecular flexibility index (Phi) is 5.08. The van der Waals surface area contributed by atoms with Gasteiger partial charge in [0.25, 0.3) is 0 Å². The summed E-state index contributed by atoms with van der Waals surface area (Å²) in [6, 6.07) is 4.71. The van der Waals surface area contributed by atoms with Gasteiger partial charge in [-0.2, -0.15) is 0 Å². The number of benzene rings is 1. The molecule has 4 nitrogen and oxygen atoms in total. The maximum Gasteiger partial charge on any atom is 0.119 e. The summed E-state index contributed by atoms with van der Waals surface area (Å²) < 4.78 is 4.95. The van der Waals surface area contributed by atoms with E-state index in [1.54, 1.807) is 19.2 Å². The molecule has 0 aliphatic rings. The van der Waals surface area contributed by atoms with Crippen molar-refractivity contribution in [1.82, 2.24) is 5.32 Å². The van der Waals surface area contributed by atoms with Crippen LogP contribution in [0.15, 0.2) is 18.2 Å². The maximum absolute atomic E-state index is 9.34. The topological polar surface area (TPSA) is 61.7 Å². The molecule has 1 rings (SSSR count). The third kappa shape index (κ3) is 4.08. The van der Waals surface area contributed by atoms with Crippen LogP contribution in [0.25, 0.3) is 0 Å². The zero-order chi connectivity index (χ0) is 12.0. The molecule has 4 heteroatoms. The van der Waals surface area contributed by atoms with Crippen LogP contribution in [0.4, 0.5) is 0 Å². The molecule has 0 saturated carbocycles. The monoisotopic (exact) mass is 225 g/mol. The highest BCUT2D eigenvalue weighted by molar-refractivity contribution is 5.37. The van der Waals surface area contributed by atoms with E-state index < -0.39 is 0 Å². The molecule has 0 saturated heterocycles. The van der Waals surface area contributed by atoms with Gasteiger partial charge in [0.05, 0.1) is 0 Å². The van der Waals surface area contributed by atoms with Gasteiger partial charge in [-0.3, -0.25) is 0 Å². The SMILES string of the molecule is COCCCNC(C)c1cc(O)cc(O)c1. The molecule has 3 N–H and O–H groups in total. The van der Waals surface area contributed by atoms with Crippen molar-refractivity contribution in [3.05, 3.63) is 23.8 Å². The molecule has 0 spiro atoms. The molecule has 1 atom stereocenters. The first-order valence-electron chi connectivity index (χ1n) is 5.38. The van der Waals surface area contributed by atoms with E-state index in [2.05, 4.69) is 5.32 Å². The van der Waals surface area contributed by atoms with Crippen molar-refractivity contribution >= 4 is 0 Å². The van der Waals surface area contributed by atoms with E-state index >= 15 is 0 Å². The summed E-state index contributed by atoms with van der Waals surface area (Å²) in [6.07, 6.45) is 0.936. The van der Waals surface area contributed by atoms with Gasteiger partial charge in [-0.15, -0.1) is 0 Å². The predicted molar refractivity (Wildman–Crippen MR) is 62.7 cm³/mol. The van der Waals surface area contributed by atoms with Crippen molar-refractivity contribution in [3.63, 3.8) is 0 Å². The Morgan fingerprint density at radius 2 is 1.88 bits per heavy atom. The molecule has 0 aromatic heterocycles. The second-order valence-electron chi connectivity index (χ2n) is 3.80. The van der Waals surface area contributed by atoms with E-state index in [0.717, 1.165) is 25.1 Å². The van der Waals surface area contributed by atoms with Gasteiger partial charge in [-0.05, 0) is 37.6 Å². The van der Waals surface area contributed by atoms with E-state index in [1.165, 1.54) is 6.07 Å². The number of hydrogen-bond donors (Lipinski definition) is 3. The summed E-state index contributed by atoms with van der Waals surface area (Å²) in [7, 11) is 1.68. The average molecular weight is 225 g/mol. The van der Waals surface area contributed by atoms with Crippen LogP contribution in [0.2, 0.25) is 0 Å². The molecule has 1 aromatic rings. The van der Waals surface area contributed by atoms with E-state index in [-0.39, 0.29) is 17.5 Å². The molecule has 90 valence electrons. The van der Waals surface area contributed by atoms with Gasteiger partial charge in [0.15, 0.2) is 0 Å². The van der Waals surface area contributed by atoms with Crippen molar-refractivity contribution in [1.29, 1.82) is 0 Å². The number of methoxy groups -OCH3 is 1. The molecule has 1 unspecified atom stereocenters. The molecule has 0 fully saturated rings. The molecule has 0 heterocycles. The number of hydrogen-bond acceptors (Lipinski definition) is 4. The van der Waals surface area contributed by atoms with Gasteiger partial charge in [-0.25, -0.2) is 0 Å². The second-order valence-corrected chi connectivity index (χ2v) is 3.80. The van der Waals surface area contributed by atoms with Crippen LogP contribution in [-0.2, 0) is 4.74 Å². The third-order valence-electron chi connectivity index (χ3n) is 2.40. The highest BCUT2D eigenvalue weighted by Gasteiger charge is 2.06. The number of aromatic hydroxyl groups is 2. The largest absolute Gasteiger partial charge is 0.508 e. The Labute approximate surface area is 95.9 Å². The number of ether oxygens (including phenoxy) is 1. The van der Waals surface area contributed by atoms with E-state index in [1.807, 2.05) is 6.92 Å². The summed E-state index contributed by atoms with van der Waals surface area (Å²) in [5, 5.41) is 22.0. The zero-order valence-corrected chi connectivity index (χ0v) is 9.73. The normalized spacial score (nSPS) is 12.6. The van der Waals surface area contributed by atoms with E-state index in [4.69, 9.17) is 4.74 Å². The Morgan fingerprint density at radius 3 is 2.44 bits per heavy atom. The van der Waals surface area contributed by atoms with Gasteiger partial charge >= 0.3 is 0 Å². The zero-order valence-electron chi connectivity index (χ0n) is 9.73. The van der Waals surface area contributed by atoms with Crippen LogP contribution in [0, 0.1) is 0 Å².